The van der Waals surface area contributed by atoms with Crippen molar-refractivity contribution in [3.63, 3.8) is 0 Å². The molecule has 1 saturated heterocycles. The highest BCUT2D eigenvalue weighted by molar-refractivity contribution is 6.28. The molecular weight excluding hydrogens is 314 g/mol. The number of aliphatic hydroxyl groups excluding tert-OH is 3. The zero-order valence-corrected chi connectivity index (χ0v) is 12.7. The van der Waals surface area contributed by atoms with Gasteiger partial charge in [0.15, 0.2) is 23.2 Å². The average Bonchev–Trinajstić information content (AvgIpc) is 2.87. The summed E-state index contributed by atoms with van der Waals surface area (Å²) in [5.74, 6) is 0.527. The Bertz CT molecular complexity index is 693. The van der Waals surface area contributed by atoms with Gasteiger partial charge in [0.2, 0.25) is 5.28 Å². The van der Waals surface area contributed by atoms with Crippen molar-refractivity contribution < 1.29 is 20.1 Å². The maximum Gasteiger partial charge on any atom is 0.226 e. The van der Waals surface area contributed by atoms with Crippen LogP contribution in [0.15, 0.2) is 6.33 Å². The Morgan fingerprint density at radius 3 is 2.68 bits per heavy atom. The zero-order valence-electron chi connectivity index (χ0n) is 12.0. The summed E-state index contributed by atoms with van der Waals surface area (Å²) < 4.78 is 6.88. The van der Waals surface area contributed by atoms with Crippen LogP contribution in [0.5, 0.6) is 0 Å². The van der Waals surface area contributed by atoms with Crippen LogP contribution in [0.2, 0.25) is 5.28 Å². The molecule has 10 heteroatoms. The fraction of sp³-hybridized carbons (Fsp3) is 0.583. The van der Waals surface area contributed by atoms with Crippen LogP contribution in [0.4, 0.5) is 5.82 Å². The Labute approximate surface area is 130 Å². The molecule has 9 nitrogen and oxygen atoms in total. The second-order valence-electron chi connectivity index (χ2n) is 5.31. The van der Waals surface area contributed by atoms with E-state index >= 15 is 0 Å². The van der Waals surface area contributed by atoms with Gasteiger partial charge in [-0.15, -0.1) is 0 Å². The van der Waals surface area contributed by atoms with E-state index in [-0.39, 0.29) is 11.9 Å². The lowest BCUT2D eigenvalue weighted by Gasteiger charge is -2.35. The van der Waals surface area contributed by atoms with Crippen molar-refractivity contribution in [3.05, 3.63) is 11.6 Å². The van der Waals surface area contributed by atoms with Gasteiger partial charge in [-0.2, -0.15) is 9.97 Å². The third-order valence-electron chi connectivity index (χ3n) is 3.55. The summed E-state index contributed by atoms with van der Waals surface area (Å²) in [5.41, 5.74) is 0.863. The third kappa shape index (κ3) is 2.40. The van der Waals surface area contributed by atoms with Gasteiger partial charge >= 0.3 is 0 Å². The number of aliphatic hydroxyl groups is 3. The minimum absolute atomic E-state index is 0.0313. The maximum atomic E-state index is 10.1. The van der Waals surface area contributed by atoms with E-state index in [4.69, 9.17) is 16.3 Å². The molecule has 0 amide bonds. The largest absolute Gasteiger partial charge is 0.388 e. The van der Waals surface area contributed by atoms with Crippen LogP contribution < -0.4 is 4.90 Å². The summed E-state index contributed by atoms with van der Waals surface area (Å²) in [4.78, 5) is 14.2. The predicted molar refractivity (Wildman–Crippen MR) is 77.7 cm³/mol. The first-order valence-electron chi connectivity index (χ1n) is 6.63. The molecule has 22 heavy (non-hydrogen) atoms. The lowest BCUT2D eigenvalue weighted by Crippen LogP contribution is -2.50. The number of nitrogens with zero attached hydrogens (tertiary/aromatic N) is 5. The molecule has 0 spiro atoms. The van der Waals surface area contributed by atoms with Gasteiger partial charge in [0.05, 0.1) is 12.9 Å². The van der Waals surface area contributed by atoms with Gasteiger partial charge in [-0.25, -0.2) is 4.98 Å². The molecule has 0 unspecified atom stereocenters. The standard InChI is InChI=1S/C12H16ClN5O4/c1-17(2)9-6-10(16-12(13)15-9)18(4-14-6)11-8(21)7(20)5(19)3-22-11/h4-5,7-8,11,19-21H,3H2,1-2H3/t5-,7-,8-,11-/m1/s1. The van der Waals surface area contributed by atoms with Crippen molar-refractivity contribution in [2.45, 2.75) is 24.5 Å². The van der Waals surface area contributed by atoms with Crippen LogP contribution in [0.1, 0.15) is 6.23 Å². The number of ether oxygens (including phenoxy) is 1. The lowest BCUT2D eigenvalue weighted by atomic mass is 10.0. The third-order valence-corrected chi connectivity index (χ3v) is 3.72. The number of rotatable bonds is 2. The molecule has 2 aromatic heterocycles. The first-order chi connectivity index (χ1) is 10.4. The van der Waals surface area contributed by atoms with Gasteiger partial charge in [0, 0.05) is 14.1 Å². The van der Waals surface area contributed by atoms with E-state index in [1.54, 1.807) is 19.0 Å². The van der Waals surface area contributed by atoms with Crippen molar-refractivity contribution in [1.82, 2.24) is 19.5 Å². The average molecular weight is 330 g/mol. The molecule has 0 bridgehead atoms. The van der Waals surface area contributed by atoms with E-state index in [0.717, 1.165) is 0 Å². The molecular formula is C12H16ClN5O4. The number of anilines is 1. The van der Waals surface area contributed by atoms with Crippen LogP contribution in [-0.4, -0.2) is 73.9 Å². The molecule has 0 aliphatic carbocycles. The lowest BCUT2D eigenvalue weighted by molar-refractivity contribution is -0.210. The van der Waals surface area contributed by atoms with E-state index < -0.39 is 24.5 Å². The Morgan fingerprint density at radius 1 is 1.27 bits per heavy atom. The molecule has 3 rings (SSSR count). The highest BCUT2D eigenvalue weighted by Gasteiger charge is 2.39. The van der Waals surface area contributed by atoms with Crippen LogP contribution >= 0.6 is 11.6 Å². The summed E-state index contributed by atoms with van der Waals surface area (Å²) in [6.07, 6.45) is -3.28. The molecule has 120 valence electrons. The SMILES string of the molecule is CN(C)c1nc(Cl)nc2c1ncn2[C@@H]1OC[C@@H](O)[C@@H](O)[C@H]1O. The summed E-state index contributed by atoms with van der Waals surface area (Å²) in [5, 5.41) is 29.5. The molecule has 4 atom stereocenters. The first-order valence-corrected chi connectivity index (χ1v) is 7.01. The number of hydrogen-bond donors (Lipinski definition) is 3. The van der Waals surface area contributed by atoms with Crippen molar-refractivity contribution in [2.75, 3.05) is 25.6 Å². The number of fused-ring (bicyclic) bond motifs is 1. The summed E-state index contributed by atoms with van der Waals surface area (Å²) >= 11 is 5.94. The Hall–Kier alpha value is -1.52. The molecule has 3 N–H and O–H groups in total. The smallest absolute Gasteiger partial charge is 0.226 e. The monoisotopic (exact) mass is 329 g/mol. The van der Waals surface area contributed by atoms with Crippen LogP contribution in [0, 0.1) is 0 Å². The number of imidazole rings is 1. The number of hydrogen-bond acceptors (Lipinski definition) is 8. The van der Waals surface area contributed by atoms with E-state index in [2.05, 4.69) is 15.0 Å². The molecule has 1 aliphatic heterocycles. The highest BCUT2D eigenvalue weighted by Crippen LogP contribution is 2.29. The summed E-state index contributed by atoms with van der Waals surface area (Å²) in [6.45, 7) is -0.109. The number of halogens is 1. The fourth-order valence-corrected chi connectivity index (χ4v) is 2.57. The van der Waals surface area contributed by atoms with Gasteiger partial charge in [0.1, 0.15) is 18.3 Å². The van der Waals surface area contributed by atoms with Crippen molar-refractivity contribution in [2.24, 2.45) is 0 Å². The topological polar surface area (TPSA) is 117 Å². The van der Waals surface area contributed by atoms with Gasteiger partial charge < -0.3 is 25.0 Å². The van der Waals surface area contributed by atoms with Crippen molar-refractivity contribution in [1.29, 1.82) is 0 Å². The first kappa shape index (κ1) is 15.4. The molecule has 1 fully saturated rings. The predicted octanol–water partition coefficient (Wildman–Crippen LogP) is -0.843. The Balaban J connectivity index is 2.09. The Kier molecular flexibility index (Phi) is 3.91. The number of aromatic nitrogens is 4. The van der Waals surface area contributed by atoms with Crippen molar-refractivity contribution in [3.8, 4) is 0 Å². The van der Waals surface area contributed by atoms with E-state index in [9.17, 15) is 15.3 Å². The molecule has 3 heterocycles. The second-order valence-corrected chi connectivity index (χ2v) is 5.65. The molecule has 1 aliphatic rings. The summed E-state index contributed by atoms with van der Waals surface area (Å²) in [6, 6.07) is 0. The van der Waals surface area contributed by atoms with Gasteiger partial charge in [-0.1, -0.05) is 0 Å². The minimum atomic E-state index is -1.32. The molecule has 2 aromatic rings. The fourth-order valence-electron chi connectivity index (χ4n) is 2.41. The molecule has 0 radical (unpaired) electrons. The highest BCUT2D eigenvalue weighted by atomic mass is 35.5. The van der Waals surface area contributed by atoms with E-state index in [0.29, 0.717) is 17.0 Å². The minimum Gasteiger partial charge on any atom is -0.388 e. The van der Waals surface area contributed by atoms with Crippen LogP contribution in [0.3, 0.4) is 0 Å². The normalized spacial score (nSPS) is 29.0. The van der Waals surface area contributed by atoms with Gasteiger partial charge in [-0.3, -0.25) is 4.57 Å². The quantitative estimate of drug-likeness (QED) is 0.610. The second kappa shape index (κ2) is 5.60. The van der Waals surface area contributed by atoms with Gasteiger partial charge in [0.25, 0.3) is 0 Å². The van der Waals surface area contributed by atoms with E-state index in [1.165, 1.54) is 10.9 Å². The molecule has 0 aromatic carbocycles. The van der Waals surface area contributed by atoms with Crippen LogP contribution in [-0.2, 0) is 4.74 Å². The van der Waals surface area contributed by atoms with Crippen molar-refractivity contribution >= 4 is 28.6 Å². The summed E-state index contributed by atoms with van der Waals surface area (Å²) in [7, 11) is 3.59. The van der Waals surface area contributed by atoms with Gasteiger partial charge in [-0.05, 0) is 11.6 Å². The van der Waals surface area contributed by atoms with E-state index in [1.807, 2.05) is 0 Å². The zero-order chi connectivity index (χ0) is 16.0. The Morgan fingerprint density at radius 2 is 2.00 bits per heavy atom. The van der Waals surface area contributed by atoms with Crippen LogP contribution in [0.25, 0.3) is 11.2 Å². The molecule has 0 saturated carbocycles. The maximum absolute atomic E-state index is 10.1.